The second kappa shape index (κ2) is 4.27. The topological polar surface area (TPSA) is 49.8 Å². The molecule has 2 aliphatic rings. The molecule has 1 aliphatic heterocycles. The van der Waals surface area contributed by atoms with E-state index in [1.807, 2.05) is 0 Å². The van der Waals surface area contributed by atoms with Gasteiger partial charge in [-0.05, 0) is 25.0 Å². The lowest BCUT2D eigenvalue weighted by molar-refractivity contribution is -0.106. The molecule has 1 N–H and O–H groups in total. The molecule has 0 atom stereocenters. The van der Waals surface area contributed by atoms with Crippen LogP contribution in [0.1, 0.15) is 12.8 Å². The molecule has 1 amide bonds. The number of carboxylic acid groups (broad SMARTS) is 1. The summed E-state index contributed by atoms with van der Waals surface area (Å²) in [4.78, 5) is 12.1. The quantitative estimate of drug-likeness (QED) is 0.909. The molecule has 0 unspecified atom stereocenters. The first-order valence-electron chi connectivity index (χ1n) is 6.07. The van der Waals surface area contributed by atoms with Crippen molar-refractivity contribution in [3.8, 4) is 5.75 Å². The van der Waals surface area contributed by atoms with Crippen molar-refractivity contribution in [3.63, 3.8) is 0 Å². The van der Waals surface area contributed by atoms with Gasteiger partial charge in [-0.25, -0.2) is 9.18 Å². The standard InChI is InChI=1S/C13H13ClFNO3/c14-10-2-1-8(3-11(10)15)19-9-4-13(5-9)6-16(7-13)12(17)18/h1-3,9H,4-7H2,(H,17,18). The number of rotatable bonds is 2. The summed E-state index contributed by atoms with van der Waals surface area (Å²) in [6.45, 7) is 1.16. The van der Waals surface area contributed by atoms with Gasteiger partial charge in [0, 0.05) is 24.6 Å². The van der Waals surface area contributed by atoms with E-state index in [0.29, 0.717) is 18.8 Å². The van der Waals surface area contributed by atoms with Gasteiger partial charge in [0.05, 0.1) is 5.02 Å². The molecular weight excluding hydrogens is 273 g/mol. The second-order valence-corrected chi connectivity index (χ2v) is 5.77. The predicted octanol–water partition coefficient (Wildman–Crippen LogP) is 3.00. The van der Waals surface area contributed by atoms with Crippen molar-refractivity contribution in [2.45, 2.75) is 18.9 Å². The van der Waals surface area contributed by atoms with E-state index in [0.717, 1.165) is 12.8 Å². The van der Waals surface area contributed by atoms with Gasteiger partial charge in [-0.1, -0.05) is 11.6 Å². The average Bonchev–Trinajstić information content (AvgIpc) is 2.24. The first-order valence-corrected chi connectivity index (χ1v) is 6.45. The first-order chi connectivity index (χ1) is 8.97. The highest BCUT2D eigenvalue weighted by Crippen LogP contribution is 2.49. The van der Waals surface area contributed by atoms with Crippen LogP contribution in [-0.2, 0) is 0 Å². The summed E-state index contributed by atoms with van der Waals surface area (Å²) in [5.74, 6) is -0.0231. The zero-order valence-electron chi connectivity index (χ0n) is 10.1. The summed E-state index contributed by atoms with van der Waals surface area (Å²) in [6.07, 6.45) is 0.813. The van der Waals surface area contributed by atoms with Crippen LogP contribution in [0.2, 0.25) is 5.02 Å². The molecule has 1 aromatic carbocycles. The van der Waals surface area contributed by atoms with Crippen LogP contribution in [-0.4, -0.2) is 35.3 Å². The maximum Gasteiger partial charge on any atom is 0.407 e. The number of amides is 1. The van der Waals surface area contributed by atoms with Gasteiger partial charge in [0.2, 0.25) is 0 Å². The summed E-state index contributed by atoms with van der Waals surface area (Å²) in [5, 5.41) is 8.86. The molecule has 1 saturated heterocycles. The SMILES string of the molecule is O=C(O)N1CC2(CC(Oc3ccc(Cl)c(F)c3)C2)C1. The summed E-state index contributed by atoms with van der Waals surface area (Å²) in [5.41, 5.74) is 0.0913. The average molecular weight is 286 g/mol. The van der Waals surface area contributed by atoms with Crippen molar-refractivity contribution in [1.82, 2.24) is 4.90 Å². The van der Waals surface area contributed by atoms with Crippen molar-refractivity contribution >= 4 is 17.7 Å². The van der Waals surface area contributed by atoms with Crippen LogP contribution in [0.25, 0.3) is 0 Å². The Morgan fingerprint density at radius 1 is 1.47 bits per heavy atom. The van der Waals surface area contributed by atoms with Crippen LogP contribution in [0.5, 0.6) is 5.75 Å². The van der Waals surface area contributed by atoms with Crippen LogP contribution in [0.4, 0.5) is 9.18 Å². The van der Waals surface area contributed by atoms with Gasteiger partial charge in [0.1, 0.15) is 17.7 Å². The molecule has 1 aliphatic carbocycles. The molecule has 1 saturated carbocycles. The van der Waals surface area contributed by atoms with E-state index in [-0.39, 0.29) is 16.5 Å². The number of carbonyl (C=O) groups is 1. The Bertz CT molecular complexity index is 523. The van der Waals surface area contributed by atoms with E-state index in [9.17, 15) is 9.18 Å². The van der Waals surface area contributed by atoms with E-state index >= 15 is 0 Å². The van der Waals surface area contributed by atoms with Crippen molar-refractivity contribution in [1.29, 1.82) is 0 Å². The zero-order chi connectivity index (χ0) is 13.6. The van der Waals surface area contributed by atoms with E-state index in [2.05, 4.69) is 0 Å². The molecule has 6 heteroatoms. The minimum absolute atomic E-state index is 0.0384. The lowest BCUT2D eigenvalue weighted by Gasteiger charge is -2.57. The van der Waals surface area contributed by atoms with Crippen molar-refractivity contribution in [3.05, 3.63) is 29.0 Å². The monoisotopic (exact) mass is 285 g/mol. The molecule has 3 rings (SSSR count). The van der Waals surface area contributed by atoms with Crippen molar-refractivity contribution in [2.75, 3.05) is 13.1 Å². The number of ether oxygens (including phenoxy) is 1. The Balaban J connectivity index is 1.52. The van der Waals surface area contributed by atoms with Crippen LogP contribution < -0.4 is 4.74 Å². The van der Waals surface area contributed by atoms with Gasteiger partial charge in [-0.3, -0.25) is 0 Å². The fraction of sp³-hybridized carbons (Fsp3) is 0.462. The molecule has 1 heterocycles. The molecule has 19 heavy (non-hydrogen) atoms. The first kappa shape index (κ1) is 12.5. The highest BCUT2D eigenvalue weighted by molar-refractivity contribution is 6.30. The molecular formula is C13H13ClFNO3. The molecule has 0 bridgehead atoms. The van der Waals surface area contributed by atoms with Gasteiger partial charge in [-0.15, -0.1) is 0 Å². The largest absolute Gasteiger partial charge is 0.490 e. The van der Waals surface area contributed by atoms with Gasteiger partial charge in [0.15, 0.2) is 0 Å². The van der Waals surface area contributed by atoms with Crippen LogP contribution in [0.15, 0.2) is 18.2 Å². The zero-order valence-corrected chi connectivity index (χ0v) is 10.9. The highest BCUT2D eigenvalue weighted by atomic mass is 35.5. The number of nitrogens with zero attached hydrogens (tertiary/aromatic N) is 1. The van der Waals surface area contributed by atoms with E-state index in [1.54, 1.807) is 6.07 Å². The lowest BCUT2D eigenvalue weighted by atomic mass is 9.62. The molecule has 4 nitrogen and oxygen atoms in total. The Hall–Kier alpha value is -1.49. The number of hydrogen-bond acceptors (Lipinski definition) is 2. The number of halogens is 2. The third kappa shape index (κ3) is 2.23. The third-order valence-electron chi connectivity index (χ3n) is 3.84. The van der Waals surface area contributed by atoms with Gasteiger partial charge < -0.3 is 14.7 Å². The normalized spacial score (nSPS) is 20.8. The number of likely N-dealkylation sites (tertiary alicyclic amines) is 1. The molecule has 0 radical (unpaired) electrons. The van der Waals surface area contributed by atoms with Crippen LogP contribution >= 0.6 is 11.6 Å². The molecule has 1 spiro atoms. The highest BCUT2D eigenvalue weighted by Gasteiger charge is 2.54. The molecule has 0 aromatic heterocycles. The summed E-state index contributed by atoms with van der Waals surface area (Å²) >= 11 is 5.60. The minimum atomic E-state index is -0.866. The van der Waals surface area contributed by atoms with Gasteiger partial charge in [0.25, 0.3) is 0 Å². The molecule has 2 fully saturated rings. The summed E-state index contributed by atoms with van der Waals surface area (Å²) < 4.78 is 18.9. The molecule has 1 aromatic rings. The predicted molar refractivity (Wildman–Crippen MR) is 67.1 cm³/mol. The summed E-state index contributed by atoms with van der Waals surface area (Å²) in [7, 11) is 0. The Morgan fingerprint density at radius 3 is 2.74 bits per heavy atom. The number of benzene rings is 1. The van der Waals surface area contributed by atoms with Crippen molar-refractivity contribution < 1.29 is 19.0 Å². The third-order valence-corrected chi connectivity index (χ3v) is 4.14. The Labute approximate surface area is 114 Å². The lowest BCUT2D eigenvalue weighted by Crippen LogP contribution is -2.65. The second-order valence-electron chi connectivity index (χ2n) is 5.36. The summed E-state index contributed by atoms with van der Waals surface area (Å²) in [6, 6.07) is 4.38. The minimum Gasteiger partial charge on any atom is -0.490 e. The Kier molecular flexibility index (Phi) is 2.82. The van der Waals surface area contributed by atoms with E-state index in [4.69, 9.17) is 21.4 Å². The van der Waals surface area contributed by atoms with Gasteiger partial charge >= 0.3 is 6.09 Å². The molecule has 102 valence electrons. The van der Waals surface area contributed by atoms with Crippen LogP contribution in [0, 0.1) is 11.2 Å². The maximum absolute atomic E-state index is 13.2. The maximum atomic E-state index is 13.2. The van der Waals surface area contributed by atoms with Crippen LogP contribution in [0.3, 0.4) is 0 Å². The fourth-order valence-electron chi connectivity index (χ4n) is 2.89. The smallest absolute Gasteiger partial charge is 0.407 e. The van der Waals surface area contributed by atoms with E-state index < -0.39 is 11.9 Å². The van der Waals surface area contributed by atoms with E-state index in [1.165, 1.54) is 17.0 Å². The van der Waals surface area contributed by atoms with Crippen molar-refractivity contribution in [2.24, 2.45) is 5.41 Å². The number of hydrogen-bond donors (Lipinski definition) is 1. The Morgan fingerprint density at radius 2 is 2.16 bits per heavy atom. The van der Waals surface area contributed by atoms with Gasteiger partial charge in [-0.2, -0.15) is 0 Å². The fourth-order valence-corrected chi connectivity index (χ4v) is 3.01.